The fourth-order valence-corrected chi connectivity index (χ4v) is 3.69. The highest BCUT2D eigenvalue weighted by molar-refractivity contribution is 7.17. The summed E-state index contributed by atoms with van der Waals surface area (Å²) in [6.07, 6.45) is 2.26. The molecule has 0 spiro atoms. The molecule has 0 amide bonds. The number of nitrogens with one attached hydrogen (secondary N) is 1. The molecule has 0 radical (unpaired) electrons. The van der Waals surface area contributed by atoms with E-state index < -0.39 is 11.5 Å². The number of nitrogens with zero attached hydrogens (tertiary/aromatic N) is 2. The molecule has 25 heavy (non-hydrogen) atoms. The largest absolute Gasteiger partial charge is 0.477 e. The van der Waals surface area contributed by atoms with Crippen molar-refractivity contribution >= 4 is 34.6 Å². The van der Waals surface area contributed by atoms with Crippen LogP contribution in [0.1, 0.15) is 36.9 Å². The number of anilines is 1. The smallest absolute Gasteiger partial charge is 0.345 e. The SMILES string of the molecule is CC(=O)CC(C)(C)Nc1c(-c2ccc(C(=O)O)s2)nc2ccccn12. The molecule has 3 rings (SSSR count). The Bertz CT molecular complexity index is 956. The number of carbonyl (C=O) groups excluding carboxylic acids is 1. The number of carboxylic acids is 1. The number of fused-ring (bicyclic) bond motifs is 1. The summed E-state index contributed by atoms with van der Waals surface area (Å²) in [4.78, 5) is 28.4. The maximum atomic E-state index is 11.6. The number of carboxylic acid groups (broad SMARTS) is 1. The summed E-state index contributed by atoms with van der Waals surface area (Å²) in [5.41, 5.74) is 0.975. The van der Waals surface area contributed by atoms with Crippen LogP contribution in [0.4, 0.5) is 5.82 Å². The van der Waals surface area contributed by atoms with Crippen molar-refractivity contribution in [2.45, 2.75) is 32.7 Å². The fraction of sp³-hybridized carbons (Fsp3) is 0.278. The molecule has 0 aliphatic heterocycles. The van der Waals surface area contributed by atoms with Crippen LogP contribution in [0.25, 0.3) is 16.2 Å². The average molecular weight is 357 g/mol. The summed E-state index contributed by atoms with van der Waals surface area (Å²) in [7, 11) is 0. The number of Topliss-reactive ketones (excluding diaryl/α,β-unsaturated/α-hetero) is 1. The van der Waals surface area contributed by atoms with E-state index in [1.165, 1.54) is 11.3 Å². The van der Waals surface area contributed by atoms with Gasteiger partial charge in [-0.05, 0) is 45.0 Å². The number of carbonyl (C=O) groups is 2. The molecule has 130 valence electrons. The molecule has 0 aliphatic rings. The first-order chi connectivity index (χ1) is 11.8. The molecular formula is C18H19N3O3S. The van der Waals surface area contributed by atoms with Crippen LogP contribution in [-0.2, 0) is 4.79 Å². The van der Waals surface area contributed by atoms with E-state index in [-0.39, 0.29) is 10.7 Å². The molecule has 0 bridgehead atoms. The second-order valence-electron chi connectivity index (χ2n) is 6.59. The molecule has 0 saturated carbocycles. The predicted octanol–water partition coefficient (Wildman–Crippen LogP) is 3.93. The lowest BCUT2D eigenvalue weighted by atomic mass is 9.98. The van der Waals surface area contributed by atoms with Gasteiger partial charge in [-0.1, -0.05) is 6.07 Å². The Kier molecular flexibility index (Phi) is 4.34. The van der Waals surface area contributed by atoms with Gasteiger partial charge in [0, 0.05) is 18.2 Å². The lowest BCUT2D eigenvalue weighted by Crippen LogP contribution is -2.33. The van der Waals surface area contributed by atoms with Gasteiger partial charge in [0.15, 0.2) is 0 Å². The van der Waals surface area contributed by atoms with E-state index in [9.17, 15) is 14.7 Å². The molecule has 0 aliphatic carbocycles. The van der Waals surface area contributed by atoms with Crippen molar-refractivity contribution in [3.05, 3.63) is 41.4 Å². The van der Waals surface area contributed by atoms with Gasteiger partial charge in [-0.2, -0.15) is 0 Å². The quantitative estimate of drug-likeness (QED) is 0.698. The zero-order chi connectivity index (χ0) is 18.2. The van der Waals surface area contributed by atoms with Crippen molar-refractivity contribution in [3.8, 4) is 10.6 Å². The van der Waals surface area contributed by atoms with Crippen LogP contribution >= 0.6 is 11.3 Å². The standard InChI is InChI=1S/C18H19N3O3S/c1-11(22)10-18(2,3)20-16-15(12-7-8-13(25-12)17(23)24)19-14-6-4-5-9-21(14)16/h4-9,20H,10H2,1-3H3,(H,23,24). The third-order valence-electron chi connectivity index (χ3n) is 3.73. The summed E-state index contributed by atoms with van der Waals surface area (Å²) in [6.45, 7) is 5.48. The Labute approximate surface area is 149 Å². The molecule has 2 N–H and O–H groups in total. The van der Waals surface area contributed by atoms with Crippen LogP contribution in [0.15, 0.2) is 36.5 Å². The van der Waals surface area contributed by atoms with Crippen molar-refractivity contribution in [1.82, 2.24) is 9.38 Å². The minimum absolute atomic E-state index is 0.0946. The lowest BCUT2D eigenvalue weighted by Gasteiger charge is -2.26. The van der Waals surface area contributed by atoms with E-state index >= 15 is 0 Å². The molecule has 6 nitrogen and oxygen atoms in total. The summed E-state index contributed by atoms with van der Waals surface area (Å²) in [5, 5.41) is 12.6. The number of ketones is 1. The van der Waals surface area contributed by atoms with Crippen molar-refractivity contribution in [3.63, 3.8) is 0 Å². The van der Waals surface area contributed by atoms with E-state index in [4.69, 9.17) is 0 Å². The first-order valence-electron chi connectivity index (χ1n) is 7.85. The number of hydrogen-bond acceptors (Lipinski definition) is 5. The van der Waals surface area contributed by atoms with Gasteiger partial charge in [-0.3, -0.25) is 9.20 Å². The lowest BCUT2D eigenvalue weighted by molar-refractivity contribution is -0.117. The molecule has 3 aromatic rings. The number of pyridine rings is 1. The highest BCUT2D eigenvalue weighted by Gasteiger charge is 2.25. The predicted molar refractivity (Wildman–Crippen MR) is 98.5 cm³/mol. The summed E-state index contributed by atoms with van der Waals surface area (Å²) in [5.74, 6) is -0.107. The third-order valence-corrected chi connectivity index (χ3v) is 4.81. The first kappa shape index (κ1) is 17.2. The summed E-state index contributed by atoms with van der Waals surface area (Å²) < 4.78 is 1.91. The number of imidazole rings is 1. The van der Waals surface area contributed by atoms with Crippen molar-refractivity contribution in [2.24, 2.45) is 0 Å². The minimum Gasteiger partial charge on any atom is -0.477 e. The maximum absolute atomic E-state index is 11.6. The number of hydrogen-bond donors (Lipinski definition) is 2. The molecule has 0 fully saturated rings. The molecule has 0 unspecified atom stereocenters. The van der Waals surface area contributed by atoms with Gasteiger partial charge >= 0.3 is 5.97 Å². The van der Waals surface area contributed by atoms with Crippen molar-refractivity contribution in [2.75, 3.05) is 5.32 Å². The number of aromatic carboxylic acids is 1. The number of thiophene rings is 1. The second-order valence-corrected chi connectivity index (χ2v) is 7.68. The van der Waals surface area contributed by atoms with E-state index in [1.54, 1.807) is 19.1 Å². The first-order valence-corrected chi connectivity index (χ1v) is 8.67. The summed E-state index contributed by atoms with van der Waals surface area (Å²) >= 11 is 1.18. The van der Waals surface area contributed by atoms with Gasteiger partial charge in [0.1, 0.15) is 27.8 Å². The molecule has 7 heteroatoms. The van der Waals surface area contributed by atoms with Gasteiger partial charge in [0.25, 0.3) is 0 Å². The Morgan fingerprint density at radius 2 is 2.04 bits per heavy atom. The molecule has 3 aromatic heterocycles. The second kappa shape index (κ2) is 6.33. The van der Waals surface area contributed by atoms with E-state index in [1.807, 2.05) is 42.6 Å². The van der Waals surface area contributed by atoms with Gasteiger partial charge in [0.05, 0.1) is 4.88 Å². The van der Waals surface area contributed by atoms with Gasteiger partial charge in [0.2, 0.25) is 0 Å². The average Bonchev–Trinajstić information content (AvgIpc) is 3.11. The molecule has 0 saturated heterocycles. The zero-order valence-corrected chi connectivity index (χ0v) is 15.1. The number of aromatic nitrogens is 2. The highest BCUT2D eigenvalue weighted by atomic mass is 32.1. The third kappa shape index (κ3) is 3.56. The van der Waals surface area contributed by atoms with Crippen LogP contribution < -0.4 is 5.32 Å². The Morgan fingerprint density at radius 1 is 1.28 bits per heavy atom. The maximum Gasteiger partial charge on any atom is 0.345 e. The monoisotopic (exact) mass is 357 g/mol. The highest BCUT2D eigenvalue weighted by Crippen LogP contribution is 2.35. The topological polar surface area (TPSA) is 83.7 Å². The van der Waals surface area contributed by atoms with Crippen LogP contribution in [0.3, 0.4) is 0 Å². The fourth-order valence-electron chi connectivity index (χ4n) is 2.85. The van der Waals surface area contributed by atoms with E-state index in [0.717, 1.165) is 16.3 Å². The molecule has 0 atom stereocenters. The van der Waals surface area contributed by atoms with Gasteiger partial charge < -0.3 is 10.4 Å². The van der Waals surface area contributed by atoms with Crippen LogP contribution in [0.5, 0.6) is 0 Å². The van der Waals surface area contributed by atoms with Gasteiger partial charge in [-0.15, -0.1) is 11.3 Å². The van der Waals surface area contributed by atoms with Crippen LogP contribution in [-0.4, -0.2) is 31.8 Å². The molecular weight excluding hydrogens is 338 g/mol. The number of rotatable bonds is 6. The Balaban J connectivity index is 2.11. The van der Waals surface area contributed by atoms with E-state index in [0.29, 0.717) is 12.1 Å². The molecule has 3 heterocycles. The Morgan fingerprint density at radius 3 is 2.68 bits per heavy atom. The minimum atomic E-state index is -0.952. The van der Waals surface area contributed by atoms with Crippen LogP contribution in [0.2, 0.25) is 0 Å². The summed E-state index contributed by atoms with van der Waals surface area (Å²) in [6, 6.07) is 9.03. The van der Waals surface area contributed by atoms with E-state index in [2.05, 4.69) is 10.3 Å². The Hall–Kier alpha value is -2.67. The molecule has 0 aromatic carbocycles. The normalized spacial score (nSPS) is 11.6. The van der Waals surface area contributed by atoms with Crippen LogP contribution in [0, 0.1) is 0 Å². The van der Waals surface area contributed by atoms with Crippen molar-refractivity contribution < 1.29 is 14.7 Å². The van der Waals surface area contributed by atoms with Gasteiger partial charge in [-0.25, -0.2) is 9.78 Å². The van der Waals surface area contributed by atoms with Crippen molar-refractivity contribution in [1.29, 1.82) is 0 Å². The zero-order valence-electron chi connectivity index (χ0n) is 14.2.